The fourth-order valence-corrected chi connectivity index (χ4v) is 2.23. The van der Waals surface area contributed by atoms with Gasteiger partial charge >= 0.3 is 0 Å². The van der Waals surface area contributed by atoms with Crippen LogP contribution < -0.4 is 5.32 Å². The van der Waals surface area contributed by atoms with E-state index in [0.717, 1.165) is 17.3 Å². The second kappa shape index (κ2) is 6.16. The van der Waals surface area contributed by atoms with Gasteiger partial charge in [-0.3, -0.25) is 0 Å². The van der Waals surface area contributed by atoms with E-state index in [1.807, 2.05) is 18.4 Å². The van der Waals surface area contributed by atoms with Gasteiger partial charge < -0.3 is 9.73 Å². The molecule has 2 aromatic rings. The van der Waals surface area contributed by atoms with E-state index in [1.165, 1.54) is 12.1 Å². The minimum absolute atomic E-state index is 0.342. The van der Waals surface area contributed by atoms with Gasteiger partial charge in [0, 0.05) is 0 Å². The van der Waals surface area contributed by atoms with Crippen molar-refractivity contribution in [2.24, 2.45) is 0 Å². The molecule has 0 spiro atoms. The van der Waals surface area contributed by atoms with Crippen LogP contribution in [0.3, 0.4) is 0 Å². The van der Waals surface area contributed by atoms with Gasteiger partial charge in [0.2, 0.25) is 0 Å². The quantitative estimate of drug-likeness (QED) is 0.872. The highest BCUT2D eigenvalue weighted by Gasteiger charge is 2.04. The minimum atomic E-state index is -0.342. The lowest BCUT2D eigenvalue weighted by Crippen LogP contribution is -1.98. The zero-order chi connectivity index (χ0) is 13.0. The molecule has 0 radical (unpaired) electrons. The number of hydrogen-bond acceptors (Lipinski definition) is 3. The molecule has 1 aromatic heterocycles. The summed E-state index contributed by atoms with van der Waals surface area (Å²) in [5.41, 5.74) is 0.695. The van der Waals surface area contributed by atoms with Crippen molar-refractivity contribution in [2.45, 2.75) is 12.3 Å². The van der Waals surface area contributed by atoms with Crippen LogP contribution in [-0.2, 0) is 12.3 Å². The summed E-state index contributed by atoms with van der Waals surface area (Å²) < 4.78 is 18.5. The number of hydrogen-bond donors (Lipinski definition) is 1. The topological polar surface area (TPSA) is 25.2 Å². The van der Waals surface area contributed by atoms with Crippen LogP contribution in [0.2, 0.25) is 5.02 Å². The molecule has 0 atom stereocenters. The maximum atomic E-state index is 12.9. The molecule has 0 amide bonds. The van der Waals surface area contributed by atoms with Crippen molar-refractivity contribution < 1.29 is 8.81 Å². The second-order valence-electron chi connectivity index (χ2n) is 3.78. The highest BCUT2D eigenvalue weighted by Crippen LogP contribution is 2.23. The van der Waals surface area contributed by atoms with Gasteiger partial charge in [-0.1, -0.05) is 11.6 Å². The number of nitrogens with one attached hydrogen (secondary N) is 1. The van der Waals surface area contributed by atoms with Crippen molar-refractivity contribution in [1.82, 2.24) is 0 Å². The Bertz CT molecular complexity index is 529. The molecule has 0 saturated carbocycles. The van der Waals surface area contributed by atoms with E-state index in [0.29, 0.717) is 17.3 Å². The Morgan fingerprint density at radius 1 is 1.28 bits per heavy atom. The van der Waals surface area contributed by atoms with Crippen molar-refractivity contribution in [1.29, 1.82) is 0 Å². The van der Waals surface area contributed by atoms with Crippen molar-refractivity contribution in [3.63, 3.8) is 0 Å². The summed E-state index contributed by atoms with van der Waals surface area (Å²) in [7, 11) is 0. The van der Waals surface area contributed by atoms with Gasteiger partial charge in [0.1, 0.15) is 17.3 Å². The van der Waals surface area contributed by atoms with Gasteiger partial charge in [-0.05, 0) is 36.6 Å². The monoisotopic (exact) mass is 285 g/mol. The molecule has 0 unspecified atom stereocenters. The van der Waals surface area contributed by atoms with Crippen molar-refractivity contribution >= 4 is 29.1 Å². The first-order valence-corrected chi connectivity index (χ1v) is 7.21. The fourth-order valence-electron chi connectivity index (χ4n) is 1.55. The molecule has 2 rings (SSSR count). The third-order valence-electron chi connectivity index (χ3n) is 2.39. The van der Waals surface area contributed by atoms with E-state index in [2.05, 4.69) is 5.32 Å². The summed E-state index contributed by atoms with van der Waals surface area (Å²) in [6.45, 7) is 0.528. The number of benzene rings is 1. The summed E-state index contributed by atoms with van der Waals surface area (Å²) in [5, 5.41) is 3.48. The number of furan rings is 1. The number of halogens is 2. The minimum Gasteiger partial charge on any atom is -0.463 e. The average Bonchev–Trinajstić information content (AvgIpc) is 2.76. The van der Waals surface area contributed by atoms with Crippen LogP contribution in [0.1, 0.15) is 11.5 Å². The first-order chi connectivity index (χ1) is 8.69. The molecule has 1 N–H and O–H groups in total. The maximum absolute atomic E-state index is 12.9. The Morgan fingerprint density at radius 2 is 2.06 bits per heavy atom. The average molecular weight is 286 g/mol. The Kier molecular flexibility index (Phi) is 4.55. The molecule has 18 heavy (non-hydrogen) atoms. The first kappa shape index (κ1) is 13.3. The Balaban J connectivity index is 1.97. The predicted molar refractivity (Wildman–Crippen MR) is 74.7 cm³/mol. The smallest absolute Gasteiger partial charge is 0.124 e. The maximum Gasteiger partial charge on any atom is 0.124 e. The predicted octanol–water partition coefficient (Wildman–Crippen LogP) is 4.55. The van der Waals surface area contributed by atoms with E-state index in [4.69, 9.17) is 16.0 Å². The first-order valence-electron chi connectivity index (χ1n) is 5.44. The SMILES string of the molecule is CSCc1ccc(CNc2ccc(F)cc2Cl)o1. The number of anilines is 1. The summed E-state index contributed by atoms with van der Waals surface area (Å²) in [4.78, 5) is 0. The number of thioether (sulfide) groups is 1. The molecule has 0 aliphatic heterocycles. The number of rotatable bonds is 5. The van der Waals surface area contributed by atoms with E-state index in [9.17, 15) is 4.39 Å². The van der Waals surface area contributed by atoms with E-state index < -0.39 is 0 Å². The molecule has 2 nitrogen and oxygen atoms in total. The van der Waals surface area contributed by atoms with E-state index in [-0.39, 0.29) is 5.82 Å². The van der Waals surface area contributed by atoms with Crippen molar-refractivity contribution in [3.8, 4) is 0 Å². The Hall–Kier alpha value is -1.13. The summed E-state index contributed by atoms with van der Waals surface area (Å²) in [6, 6.07) is 8.15. The highest BCUT2D eigenvalue weighted by atomic mass is 35.5. The normalized spacial score (nSPS) is 10.6. The molecule has 0 fully saturated rings. The van der Waals surface area contributed by atoms with Crippen LogP contribution >= 0.6 is 23.4 Å². The van der Waals surface area contributed by atoms with Crippen LogP contribution in [0.15, 0.2) is 34.7 Å². The summed E-state index contributed by atoms with van der Waals surface area (Å²) in [6.07, 6.45) is 2.03. The van der Waals surface area contributed by atoms with Crippen LogP contribution in [0.5, 0.6) is 0 Å². The fraction of sp³-hybridized carbons (Fsp3) is 0.231. The van der Waals surface area contributed by atoms with Crippen molar-refractivity contribution in [2.75, 3.05) is 11.6 Å². The zero-order valence-electron chi connectivity index (χ0n) is 9.87. The molecule has 0 bridgehead atoms. The zero-order valence-corrected chi connectivity index (χ0v) is 11.4. The summed E-state index contributed by atoms with van der Waals surface area (Å²) in [5.74, 6) is 2.30. The lowest BCUT2D eigenvalue weighted by molar-refractivity contribution is 0.487. The molecule has 5 heteroatoms. The highest BCUT2D eigenvalue weighted by molar-refractivity contribution is 7.97. The molecule has 0 aliphatic rings. The van der Waals surface area contributed by atoms with Gasteiger partial charge in [-0.2, -0.15) is 11.8 Å². The van der Waals surface area contributed by atoms with Gasteiger partial charge in [0.15, 0.2) is 0 Å². The molecule has 96 valence electrons. The van der Waals surface area contributed by atoms with E-state index >= 15 is 0 Å². The standard InChI is InChI=1S/C13H13ClFNOS/c1-18-8-11-4-3-10(17-11)7-16-13-5-2-9(15)6-12(13)14/h2-6,16H,7-8H2,1H3. The Labute approximate surface area is 115 Å². The second-order valence-corrected chi connectivity index (χ2v) is 5.05. The van der Waals surface area contributed by atoms with Crippen LogP contribution in [0.4, 0.5) is 10.1 Å². The van der Waals surface area contributed by atoms with Gasteiger partial charge in [-0.25, -0.2) is 4.39 Å². The van der Waals surface area contributed by atoms with Gasteiger partial charge in [0.05, 0.1) is 23.0 Å². The lowest BCUT2D eigenvalue weighted by atomic mass is 10.3. The third kappa shape index (κ3) is 3.43. The van der Waals surface area contributed by atoms with Crippen LogP contribution in [0, 0.1) is 5.82 Å². The van der Waals surface area contributed by atoms with Crippen LogP contribution in [0.25, 0.3) is 0 Å². The summed E-state index contributed by atoms with van der Waals surface area (Å²) >= 11 is 7.62. The molecule has 0 saturated heterocycles. The molecule has 0 aliphatic carbocycles. The van der Waals surface area contributed by atoms with Gasteiger partial charge in [-0.15, -0.1) is 0 Å². The van der Waals surface area contributed by atoms with E-state index in [1.54, 1.807) is 17.8 Å². The Morgan fingerprint density at radius 3 is 2.78 bits per heavy atom. The third-order valence-corrected chi connectivity index (χ3v) is 3.27. The van der Waals surface area contributed by atoms with Gasteiger partial charge in [0.25, 0.3) is 0 Å². The molecular formula is C13H13ClFNOS. The largest absolute Gasteiger partial charge is 0.463 e. The molecule has 1 aromatic carbocycles. The van der Waals surface area contributed by atoms with Crippen LogP contribution in [-0.4, -0.2) is 6.26 Å². The lowest BCUT2D eigenvalue weighted by Gasteiger charge is -2.06. The molecule has 1 heterocycles. The van der Waals surface area contributed by atoms with Crippen molar-refractivity contribution in [3.05, 3.63) is 52.7 Å². The molecular weight excluding hydrogens is 273 g/mol.